The Hall–Kier alpha value is -3.83. The van der Waals surface area contributed by atoms with Crippen molar-refractivity contribution in [2.24, 2.45) is 0 Å². The first-order valence-electron chi connectivity index (χ1n) is 10.8. The van der Waals surface area contributed by atoms with Gasteiger partial charge in [0.15, 0.2) is 0 Å². The Morgan fingerprint density at radius 3 is 2.59 bits per heavy atom. The number of rotatable bonds is 4. The zero-order valence-corrected chi connectivity index (χ0v) is 19.2. The number of nitrogen functional groups attached to an aromatic ring is 1. The number of nitrogens with two attached hydrogens (primary N) is 1. The molecule has 1 fully saturated rings. The number of nitrogens with zero attached hydrogens (tertiary/aromatic N) is 5. The first-order chi connectivity index (χ1) is 16.4. The van der Waals surface area contributed by atoms with Gasteiger partial charge in [-0.1, -0.05) is 18.2 Å². The minimum Gasteiger partial charge on any atom is -0.368 e. The summed E-state index contributed by atoms with van der Waals surface area (Å²) in [6.07, 6.45) is 4.54. The van der Waals surface area contributed by atoms with Crippen molar-refractivity contribution in [3.8, 4) is 11.4 Å². The molecule has 1 aliphatic heterocycles. The third kappa shape index (κ3) is 3.78. The largest absolute Gasteiger partial charge is 0.368 e. The second-order valence-electron chi connectivity index (χ2n) is 8.12. The van der Waals surface area contributed by atoms with Crippen LogP contribution in [0.4, 0.5) is 5.95 Å². The van der Waals surface area contributed by atoms with Crippen molar-refractivity contribution in [1.29, 1.82) is 0 Å². The number of benzene rings is 1. The van der Waals surface area contributed by atoms with Gasteiger partial charge < -0.3 is 15.6 Å². The minimum absolute atomic E-state index is 0.101. The van der Waals surface area contributed by atoms with Crippen molar-refractivity contribution in [3.05, 3.63) is 66.6 Å². The van der Waals surface area contributed by atoms with Crippen LogP contribution in [0.15, 0.2) is 66.0 Å². The van der Waals surface area contributed by atoms with Gasteiger partial charge in [0.05, 0.1) is 11.2 Å². The summed E-state index contributed by atoms with van der Waals surface area (Å²) in [5.74, 6) is 0.00359. The molecule has 34 heavy (non-hydrogen) atoms. The molecular weight excluding hydrogens is 454 g/mol. The number of sulfonamides is 1. The highest BCUT2D eigenvalue weighted by atomic mass is 32.2. The predicted molar refractivity (Wildman–Crippen MR) is 127 cm³/mol. The number of aromatic amines is 1. The third-order valence-corrected chi connectivity index (χ3v) is 8.00. The number of hydrogen-bond donors (Lipinski definition) is 2. The maximum Gasteiger partial charge on any atom is 0.253 e. The molecule has 4 heterocycles. The maximum atomic E-state index is 13.7. The van der Waals surface area contributed by atoms with E-state index in [4.69, 9.17) is 5.73 Å². The molecule has 1 amide bonds. The average molecular weight is 478 g/mol. The topological polar surface area (TPSA) is 138 Å². The second-order valence-corrected chi connectivity index (χ2v) is 9.98. The highest BCUT2D eigenvalue weighted by Crippen LogP contribution is 2.32. The van der Waals surface area contributed by atoms with E-state index in [1.165, 1.54) is 16.7 Å². The van der Waals surface area contributed by atoms with E-state index in [2.05, 4.69) is 19.9 Å². The van der Waals surface area contributed by atoms with E-state index < -0.39 is 10.0 Å². The molecule has 1 atom stereocenters. The number of fused-ring (bicyclic) bond motifs is 1. The van der Waals surface area contributed by atoms with Crippen molar-refractivity contribution in [3.63, 3.8) is 0 Å². The van der Waals surface area contributed by atoms with E-state index in [1.807, 2.05) is 25.1 Å². The van der Waals surface area contributed by atoms with Gasteiger partial charge in [0, 0.05) is 55.2 Å². The lowest BCUT2D eigenvalue weighted by Gasteiger charge is -2.38. The van der Waals surface area contributed by atoms with Crippen LogP contribution in [0.5, 0.6) is 0 Å². The first kappa shape index (κ1) is 22.0. The molecule has 0 aliphatic carbocycles. The fourth-order valence-electron chi connectivity index (χ4n) is 4.31. The van der Waals surface area contributed by atoms with Crippen LogP contribution in [0.2, 0.25) is 0 Å². The summed E-state index contributed by atoms with van der Waals surface area (Å²) >= 11 is 0. The summed E-state index contributed by atoms with van der Waals surface area (Å²) in [6, 6.07) is 11.9. The summed E-state index contributed by atoms with van der Waals surface area (Å²) in [5.41, 5.74) is 7.82. The number of carbonyl (C=O) groups excluding carboxylic acids is 1. The molecule has 1 saturated heterocycles. The summed E-state index contributed by atoms with van der Waals surface area (Å²) in [6.45, 7) is 2.64. The Bertz CT molecular complexity index is 1470. The first-order valence-corrected chi connectivity index (χ1v) is 12.2. The average Bonchev–Trinajstić information content (AvgIpc) is 3.29. The van der Waals surface area contributed by atoms with Crippen LogP contribution in [-0.4, -0.2) is 69.1 Å². The monoisotopic (exact) mass is 477 g/mol. The molecule has 5 rings (SSSR count). The Morgan fingerprint density at radius 1 is 1.09 bits per heavy atom. The van der Waals surface area contributed by atoms with Gasteiger partial charge in [0.2, 0.25) is 16.0 Å². The molecule has 3 N–H and O–H groups in total. The number of carbonyl (C=O) groups is 1. The van der Waals surface area contributed by atoms with Crippen LogP contribution in [0.1, 0.15) is 17.3 Å². The number of amides is 1. The fourth-order valence-corrected chi connectivity index (χ4v) is 6.09. The number of aromatic nitrogens is 4. The van der Waals surface area contributed by atoms with Crippen molar-refractivity contribution >= 4 is 32.8 Å². The van der Waals surface area contributed by atoms with Gasteiger partial charge in [-0.2, -0.15) is 4.31 Å². The number of H-pyrrole nitrogens is 1. The molecule has 3 aromatic heterocycles. The molecule has 0 unspecified atom stereocenters. The summed E-state index contributed by atoms with van der Waals surface area (Å²) < 4.78 is 28.8. The Labute approximate surface area is 196 Å². The maximum absolute atomic E-state index is 13.7. The van der Waals surface area contributed by atoms with Gasteiger partial charge in [-0.25, -0.2) is 18.4 Å². The number of pyridine rings is 1. The Kier molecular flexibility index (Phi) is 5.50. The standard InChI is InChI=1S/C23H23N7O3S/c1-15-14-29(22(31)16-5-3-2-4-6-16)11-12-30(15)34(32,33)19-13-27-20-17(19)7-9-25-21(20)18-8-10-26-23(24)28-18/h2-10,13,15,27H,11-12,14H2,1H3,(H2,24,26,28)/t15-/m1/s1. The zero-order valence-electron chi connectivity index (χ0n) is 18.4. The molecule has 0 saturated carbocycles. The highest BCUT2D eigenvalue weighted by Gasteiger charge is 2.36. The van der Waals surface area contributed by atoms with Crippen LogP contribution < -0.4 is 5.73 Å². The number of hydrogen-bond acceptors (Lipinski definition) is 7. The van der Waals surface area contributed by atoms with Crippen LogP contribution >= 0.6 is 0 Å². The third-order valence-electron chi connectivity index (χ3n) is 5.94. The molecule has 0 bridgehead atoms. The van der Waals surface area contributed by atoms with Gasteiger partial charge in [-0.05, 0) is 31.2 Å². The quantitative estimate of drug-likeness (QED) is 0.459. The van der Waals surface area contributed by atoms with Crippen LogP contribution in [0.3, 0.4) is 0 Å². The molecule has 10 nitrogen and oxygen atoms in total. The van der Waals surface area contributed by atoms with E-state index in [0.29, 0.717) is 40.9 Å². The summed E-state index contributed by atoms with van der Waals surface area (Å²) in [4.78, 5) is 30.2. The smallest absolute Gasteiger partial charge is 0.253 e. The van der Waals surface area contributed by atoms with Crippen molar-refractivity contribution < 1.29 is 13.2 Å². The SMILES string of the molecule is C[C@@H]1CN(C(=O)c2ccccc2)CCN1S(=O)(=O)c1c[nH]c2c(-c3ccnc(N)n3)nccc12. The molecule has 0 radical (unpaired) electrons. The summed E-state index contributed by atoms with van der Waals surface area (Å²) in [7, 11) is -3.84. The van der Waals surface area contributed by atoms with Gasteiger partial charge >= 0.3 is 0 Å². The molecule has 4 aromatic rings. The van der Waals surface area contributed by atoms with Crippen LogP contribution in [-0.2, 0) is 10.0 Å². The van der Waals surface area contributed by atoms with Gasteiger partial charge in [-0.15, -0.1) is 0 Å². The molecule has 1 aromatic carbocycles. The van der Waals surface area contributed by atoms with Crippen molar-refractivity contribution in [1.82, 2.24) is 29.1 Å². The molecule has 174 valence electrons. The zero-order chi connectivity index (χ0) is 23.9. The van der Waals surface area contributed by atoms with E-state index in [1.54, 1.807) is 35.4 Å². The molecule has 11 heteroatoms. The molecule has 1 aliphatic rings. The van der Waals surface area contributed by atoms with Gasteiger partial charge in [0.25, 0.3) is 5.91 Å². The normalized spacial score (nSPS) is 17.2. The van der Waals surface area contributed by atoms with E-state index in [-0.39, 0.29) is 29.3 Å². The number of anilines is 1. The lowest BCUT2D eigenvalue weighted by molar-refractivity contribution is 0.0642. The lowest BCUT2D eigenvalue weighted by Crippen LogP contribution is -2.55. The van der Waals surface area contributed by atoms with Gasteiger partial charge in [0.1, 0.15) is 10.6 Å². The van der Waals surface area contributed by atoms with E-state index >= 15 is 0 Å². The molecular formula is C23H23N7O3S. The second kappa shape index (κ2) is 8.50. The highest BCUT2D eigenvalue weighted by molar-refractivity contribution is 7.89. The van der Waals surface area contributed by atoms with Crippen molar-refractivity contribution in [2.45, 2.75) is 17.9 Å². The fraction of sp³-hybridized carbons (Fsp3) is 0.217. The Morgan fingerprint density at radius 2 is 1.85 bits per heavy atom. The number of nitrogens with one attached hydrogen (secondary N) is 1. The van der Waals surface area contributed by atoms with Crippen LogP contribution in [0.25, 0.3) is 22.3 Å². The molecule has 0 spiro atoms. The van der Waals surface area contributed by atoms with E-state index in [9.17, 15) is 13.2 Å². The van der Waals surface area contributed by atoms with Gasteiger partial charge in [-0.3, -0.25) is 9.78 Å². The van der Waals surface area contributed by atoms with E-state index in [0.717, 1.165) is 0 Å². The Balaban J connectivity index is 1.44. The van der Waals surface area contributed by atoms with Crippen molar-refractivity contribution in [2.75, 3.05) is 25.4 Å². The predicted octanol–water partition coefficient (Wildman–Crippen LogP) is 2.14. The van der Waals surface area contributed by atoms with Crippen LogP contribution in [0, 0.1) is 0 Å². The number of piperazine rings is 1. The summed E-state index contributed by atoms with van der Waals surface area (Å²) in [5, 5.41) is 0.511. The lowest BCUT2D eigenvalue weighted by atomic mass is 10.1. The minimum atomic E-state index is -3.84.